The molecule has 0 heterocycles. The largest absolute Gasteiger partial charge is 0.389 e. The molecule has 2 atom stereocenters. The third-order valence-electron chi connectivity index (χ3n) is 1.86. The van der Waals surface area contributed by atoms with Crippen LogP contribution in [0.3, 0.4) is 0 Å². The molecule has 0 spiro atoms. The van der Waals surface area contributed by atoms with Gasteiger partial charge in [-0.2, -0.15) is 0 Å². The number of aliphatic hydroxyl groups is 2. The van der Waals surface area contributed by atoms with Gasteiger partial charge in [-0.25, -0.2) is 0 Å². The smallest absolute Gasteiger partial charge is 0.0752 e. The van der Waals surface area contributed by atoms with Gasteiger partial charge in [-0.3, -0.25) is 0 Å². The van der Waals surface area contributed by atoms with Gasteiger partial charge < -0.3 is 10.2 Å². The molecule has 0 fully saturated rings. The van der Waals surface area contributed by atoms with E-state index in [1.807, 2.05) is 25.2 Å². The summed E-state index contributed by atoms with van der Waals surface area (Å²) in [5.41, 5.74) is 0. The normalized spacial score (nSPS) is 16.2. The van der Waals surface area contributed by atoms with Crippen LogP contribution in [0.2, 0.25) is 0 Å². The molecule has 0 amide bonds. The minimum atomic E-state index is -0.452. The predicted octanol–water partition coefficient (Wildman–Crippen LogP) is 2.20. The van der Waals surface area contributed by atoms with Crippen molar-refractivity contribution in [2.45, 2.75) is 38.4 Å². The highest BCUT2D eigenvalue weighted by Gasteiger charge is 1.95. The van der Waals surface area contributed by atoms with E-state index in [0.29, 0.717) is 6.42 Å². The summed E-state index contributed by atoms with van der Waals surface area (Å²) >= 11 is 0. The second kappa shape index (κ2) is 8.73. The average Bonchev–Trinajstić information content (AvgIpc) is 2.17. The molecule has 14 heavy (non-hydrogen) atoms. The van der Waals surface area contributed by atoms with Crippen molar-refractivity contribution < 1.29 is 10.2 Å². The first kappa shape index (κ1) is 13.1. The molecule has 0 bridgehead atoms. The van der Waals surface area contributed by atoms with E-state index >= 15 is 0 Å². The molecule has 0 aliphatic carbocycles. The summed E-state index contributed by atoms with van der Waals surface area (Å²) < 4.78 is 0. The van der Waals surface area contributed by atoms with Crippen molar-refractivity contribution in [1.29, 1.82) is 0 Å². The molecule has 0 aromatic rings. The first-order valence-electron chi connectivity index (χ1n) is 4.97. The van der Waals surface area contributed by atoms with Crippen LogP contribution in [0.1, 0.15) is 26.2 Å². The average molecular weight is 196 g/mol. The molecule has 0 radical (unpaired) electrons. The molecule has 0 saturated heterocycles. The summed E-state index contributed by atoms with van der Waals surface area (Å²) in [6, 6.07) is 0. The van der Waals surface area contributed by atoms with Crippen molar-refractivity contribution in [2.24, 2.45) is 0 Å². The molecule has 0 aliphatic rings. The van der Waals surface area contributed by atoms with E-state index in [0.717, 1.165) is 12.8 Å². The van der Waals surface area contributed by atoms with Crippen LogP contribution in [0.5, 0.6) is 0 Å². The minimum absolute atomic E-state index is 0.353. The first-order chi connectivity index (χ1) is 6.70. The third kappa shape index (κ3) is 7.77. The lowest BCUT2D eigenvalue weighted by atomic mass is 10.1. The van der Waals surface area contributed by atoms with Crippen LogP contribution in [-0.2, 0) is 0 Å². The summed E-state index contributed by atoms with van der Waals surface area (Å²) in [6.07, 6.45) is 10.4. The van der Waals surface area contributed by atoms with Gasteiger partial charge in [0.2, 0.25) is 0 Å². The van der Waals surface area contributed by atoms with Crippen molar-refractivity contribution in [3.8, 4) is 0 Å². The molecule has 0 aromatic carbocycles. The summed E-state index contributed by atoms with van der Waals surface area (Å²) in [5, 5.41) is 18.4. The zero-order chi connectivity index (χ0) is 10.8. The Morgan fingerprint density at radius 2 is 1.93 bits per heavy atom. The summed E-state index contributed by atoms with van der Waals surface area (Å²) in [6.45, 7) is 5.37. The van der Waals surface area contributed by atoms with Crippen molar-refractivity contribution in [3.05, 3.63) is 37.0 Å². The van der Waals surface area contributed by atoms with Gasteiger partial charge in [-0.05, 0) is 26.2 Å². The zero-order valence-electron chi connectivity index (χ0n) is 8.76. The maximum absolute atomic E-state index is 9.32. The summed E-state index contributed by atoms with van der Waals surface area (Å²) in [4.78, 5) is 0. The molecular weight excluding hydrogens is 176 g/mol. The Balaban J connectivity index is 3.48. The van der Waals surface area contributed by atoms with Crippen molar-refractivity contribution in [2.75, 3.05) is 0 Å². The lowest BCUT2D eigenvalue weighted by molar-refractivity contribution is 0.213. The van der Waals surface area contributed by atoms with Crippen LogP contribution in [0, 0.1) is 0 Å². The Bertz CT molecular complexity index is 194. The number of aliphatic hydroxyl groups excluding tert-OH is 2. The van der Waals surface area contributed by atoms with Crippen molar-refractivity contribution in [1.82, 2.24) is 0 Å². The van der Waals surface area contributed by atoms with Crippen LogP contribution in [0.25, 0.3) is 0 Å². The van der Waals surface area contributed by atoms with Gasteiger partial charge in [-0.1, -0.05) is 30.4 Å². The fourth-order valence-corrected chi connectivity index (χ4v) is 1.04. The fourth-order valence-electron chi connectivity index (χ4n) is 1.04. The van der Waals surface area contributed by atoms with E-state index in [1.54, 1.807) is 6.08 Å². The third-order valence-corrected chi connectivity index (χ3v) is 1.86. The Morgan fingerprint density at radius 3 is 2.50 bits per heavy atom. The van der Waals surface area contributed by atoms with E-state index < -0.39 is 6.10 Å². The Labute approximate surface area is 86.3 Å². The Hall–Kier alpha value is -0.860. The Kier molecular flexibility index (Phi) is 8.19. The van der Waals surface area contributed by atoms with Crippen LogP contribution < -0.4 is 0 Å². The fraction of sp³-hybridized carbons (Fsp3) is 0.500. The molecule has 2 N–H and O–H groups in total. The highest BCUT2D eigenvalue weighted by atomic mass is 16.3. The van der Waals surface area contributed by atoms with Gasteiger partial charge in [0.15, 0.2) is 0 Å². The molecule has 2 nitrogen and oxygen atoms in total. The van der Waals surface area contributed by atoms with Crippen LogP contribution in [0.15, 0.2) is 37.0 Å². The number of allylic oxidation sites excluding steroid dienone is 2. The highest BCUT2D eigenvalue weighted by molar-refractivity contribution is 4.92. The predicted molar refractivity (Wildman–Crippen MR) is 60.0 cm³/mol. The molecule has 80 valence electrons. The van der Waals surface area contributed by atoms with Gasteiger partial charge in [0.25, 0.3) is 0 Å². The van der Waals surface area contributed by atoms with Gasteiger partial charge in [0.1, 0.15) is 0 Å². The standard InChI is InChI=1S/C12H20O2/c1-3-8-12(14)10-7-5-6-9-11(13)4-2/h3-6,8,11-14H,2,7,9-10H2,1H3/b6-5-,8-3+/t11-,12-/m0/s1. The zero-order valence-corrected chi connectivity index (χ0v) is 8.76. The molecular formula is C12H20O2. The quantitative estimate of drug-likeness (QED) is 0.613. The maximum Gasteiger partial charge on any atom is 0.0752 e. The molecule has 0 aliphatic heterocycles. The monoisotopic (exact) mass is 196 g/mol. The lowest BCUT2D eigenvalue weighted by Crippen LogP contribution is -2.00. The minimum Gasteiger partial charge on any atom is -0.389 e. The Morgan fingerprint density at radius 1 is 1.21 bits per heavy atom. The van der Waals surface area contributed by atoms with Crippen LogP contribution in [0.4, 0.5) is 0 Å². The van der Waals surface area contributed by atoms with Crippen molar-refractivity contribution in [3.63, 3.8) is 0 Å². The van der Waals surface area contributed by atoms with Crippen molar-refractivity contribution >= 4 is 0 Å². The second-order valence-corrected chi connectivity index (χ2v) is 3.18. The van der Waals surface area contributed by atoms with E-state index in [4.69, 9.17) is 5.11 Å². The summed E-state index contributed by atoms with van der Waals surface area (Å²) in [7, 11) is 0. The van der Waals surface area contributed by atoms with E-state index in [1.165, 1.54) is 6.08 Å². The van der Waals surface area contributed by atoms with E-state index in [9.17, 15) is 5.11 Å². The molecule has 0 aromatic heterocycles. The van der Waals surface area contributed by atoms with E-state index in [2.05, 4.69) is 6.58 Å². The molecule has 2 heteroatoms. The maximum atomic E-state index is 9.32. The van der Waals surface area contributed by atoms with Gasteiger partial charge in [0.05, 0.1) is 12.2 Å². The topological polar surface area (TPSA) is 40.5 Å². The lowest BCUT2D eigenvalue weighted by Gasteiger charge is -2.02. The first-order valence-corrected chi connectivity index (χ1v) is 4.97. The molecule has 0 unspecified atom stereocenters. The molecule has 0 rings (SSSR count). The van der Waals surface area contributed by atoms with Crippen LogP contribution in [-0.4, -0.2) is 22.4 Å². The van der Waals surface area contributed by atoms with Gasteiger partial charge in [0, 0.05) is 0 Å². The highest BCUT2D eigenvalue weighted by Crippen LogP contribution is 2.01. The number of rotatable bonds is 7. The SMILES string of the molecule is C=C[C@H](O)C/C=C\CC[C@@H](O)/C=C/C. The van der Waals surface area contributed by atoms with Gasteiger partial charge >= 0.3 is 0 Å². The second-order valence-electron chi connectivity index (χ2n) is 3.18. The molecule has 0 saturated carbocycles. The number of hydrogen-bond acceptors (Lipinski definition) is 2. The number of hydrogen-bond donors (Lipinski definition) is 2. The van der Waals surface area contributed by atoms with Gasteiger partial charge in [-0.15, -0.1) is 6.58 Å². The van der Waals surface area contributed by atoms with Crippen LogP contribution >= 0.6 is 0 Å². The van der Waals surface area contributed by atoms with E-state index in [-0.39, 0.29) is 6.10 Å². The summed E-state index contributed by atoms with van der Waals surface area (Å²) in [5.74, 6) is 0.